The van der Waals surface area contributed by atoms with E-state index in [2.05, 4.69) is 24.8 Å². The second-order valence-electron chi connectivity index (χ2n) is 13.1. The Bertz CT molecular complexity index is 1110. The summed E-state index contributed by atoms with van der Waals surface area (Å²) < 4.78 is 10.7. The first-order valence-corrected chi connectivity index (χ1v) is 14.9. The molecule has 208 valence electrons. The zero-order valence-electron chi connectivity index (χ0n) is 23.1. The van der Waals surface area contributed by atoms with E-state index in [9.17, 15) is 14.7 Å². The van der Waals surface area contributed by atoms with Gasteiger partial charge in [-0.1, -0.05) is 25.5 Å². The lowest BCUT2D eigenvalue weighted by molar-refractivity contribution is -0.0712. The molecule has 0 bridgehead atoms. The Morgan fingerprint density at radius 3 is 2.68 bits per heavy atom. The highest BCUT2D eigenvalue weighted by molar-refractivity contribution is 5.65. The van der Waals surface area contributed by atoms with Crippen molar-refractivity contribution in [3.05, 3.63) is 46.0 Å². The monoisotopic (exact) mass is 524 g/mol. The highest BCUT2D eigenvalue weighted by Gasteiger charge is 2.58. The maximum atomic E-state index is 12.3. The average molecular weight is 525 g/mol. The fraction of sp³-hybridized carbons (Fsp3) is 0.742. The molecule has 1 aliphatic heterocycles. The number of ether oxygens (including phenoxy) is 1. The molecule has 1 amide bonds. The minimum absolute atomic E-state index is 0.139. The molecule has 6 rings (SSSR count). The first kappa shape index (κ1) is 26.1. The van der Waals surface area contributed by atoms with E-state index >= 15 is 0 Å². The lowest BCUT2D eigenvalue weighted by Gasteiger charge is -2.60. The summed E-state index contributed by atoms with van der Waals surface area (Å²) in [5.41, 5.74) is 2.96. The van der Waals surface area contributed by atoms with E-state index in [-0.39, 0.29) is 22.5 Å². The van der Waals surface area contributed by atoms with E-state index in [1.807, 2.05) is 6.07 Å². The molecular formula is C31H44N2O5. The Hall–Kier alpha value is -2.12. The van der Waals surface area contributed by atoms with E-state index in [1.54, 1.807) is 22.8 Å². The standard InChI is InChI=1S/C31H44N2O5/c1-30-11-9-23(33(29(35)36)14-13-32-15-17-37-18-16-32)19-22(30)4-5-24-26-7-6-25(21-3-8-28(34)38-20-21)31(26,2)12-10-27(24)30/h3,7-8,20,22-25,27H,4-6,9-19H2,1-2H3,(H,35,36)/t22-,23+,24+,25-,27+,30+,31-/m1/s1. The Morgan fingerprint density at radius 2 is 1.95 bits per heavy atom. The second kappa shape index (κ2) is 10.1. The van der Waals surface area contributed by atoms with Gasteiger partial charge < -0.3 is 19.2 Å². The summed E-state index contributed by atoms with van der Waals surface area (Å²) in [6.07, 6.45) is 12.4. The quantitative estimate of drug-likeness (QED) is 0.522. The molecule has 1 aromatic rings. The third-order valence-corrected chi connectivity index (χ3v) is 11.6. The molecule has 0 unspecified atom stereocenters. The lowest BCUT2D eigenvalue weighted by atomic mass is 9.45. The van der Waals surface area contributed by atoms with Crippen LogP contribution in [0.25, 0.3) is 0 Å². The molecule has 1 N–H and O–H groups in total. The molecule has 4 aliphatic carbocycles. The molecule has 7 nitrogen and oxygen atoms in total. The maximum absolute atomic E-state index is 12.3. The molecule has 0 aromatic carbocycles. The molecule has 1 saturated heterocycles. The average Bonchev–Trinajstić information content (AvgIpc) is 3.27. The van der Waals surface area contributed by atoms with Gasteiger partial charge in [0.25, 0.3) is 0 Å². The molecule has 3 saturated carbocycles. The normalized spacial score (nSPS) is 39.0. The summed E-state index contributed by atoms with van der Waals surface area (Å²) in [6, 6.07) is 3.67. The number of rotatable bonds is 5. The number of allylic oxidation sites excluding steroid dienone is 2. The first-order chi connectivity index (χ1) is 18.3. The van der Waals surface area contributed by atoms with Crippen LogP contribution < -0.4 is 5.63 Å². The van der Waals surface area contributed by atoms with Crippen molar-refractivity contribution in [3.8, 4) is 0 Å². The number of amides is 1. The zero-order valence-corrected chi connectivity index (χ0v) is 23.1. The Kier molecular flexibility index (Phi) is 6.96. The van der Waals surface area contributed by atoms with Crippen LogP contribution in [-0.4, -0.2) is 66.4 Å². The summed E-state index contributed by atoms with van der Waals surface area (Å²) in [5, 5.41) is 10.1. The van der Waals surface area contributed by atoms with Gasteiger partial charge in [0, 0.05) is 38.3 Å². The summed E-state index contributed by atoms with van der Waals surface area (Å²) >= 11 is 0. The highest BCUT2D eigenvalue weighted by atomic mass is 16.5. The molecule has 5 aliphatic rings. The maximum Gasteiger partial charge on any atom is 0.407 e. The van der Waals surface area contributed by atoms with Gasteiger partial charge in [-0.25, -0.2) is 9.59 Å². The summed E-state index contributed by atoms with van der Waals surface area (Å²) in [5.74, 6) is 2.29. The summed E-state index contributed by atoms with van der Waals surface area (Å²) in [6.45, 7) is 9.67. The van der Waals surface area contributed by atoms with Gasteiger partial charge in [0.2, 0.25) is 0 Å². The Balaban J connectivity index is 1.14. The summed E-state index contributed by atoms with van der Waals surface area (Å²) in [7, 11) is 0. The van der Waals surface area contributed by atoms with Gasteiger partial charge in [-0.2, -0.15) is 0 Å². The van der Waals surface area contributed by atoms with Crippen molar-refractivity contribution in [2.24, 2.45) is 28.6 Å². The van der Waals surface area contributed by atoms with Crippen molar-refractivity contribution >= 4 is 6.09 Å². The van der Waals surface area contributed by atoms with Crippen LogP contribution in [0.2, 0.25) is 0 Å². The van der Waals surface area contributed by atoms with E-state index in [0.29, 0.717) is 30.2 Å². The zero-order chi connectivity index (χ0) is 26.5. The van der Waals surface area contributed by atoms with Crippen molar-refractivity contribution in [2.75, 3.05) is 39.4 Å². The van der Waals surface area contributed by atoms with Crippen molar-refractivity contribution in [1.29, 1.82) is 0 Å². The number of nitrogens with zero attached hydrogens (tertiary/aromatic N) is 2. The fourth-order valence-corrected chi connectivity index (χ4v) is 9.43. The Morgan fingerprint density at radius 1 is 1.13 bits per heavy atom. The third-order valence-electron chi connectivity index (χ3n) is 11.6. The smallest absolute Gasteiger partial charge is 0.407 e. The largest absolute Gasteiger partial charge is 0.465 e. The number of carboxylic acid groups (broad SMARTS) is 1. The predicted molar refractivity (Wildman–Crippen MR) is 145 cm³/mol. The molecule has 7 heteroatoms. The van der Waals surface area contributed by atoms with Gasteiger partial charge in [0.05, 0.1) is 19.5 Å². The van der Waals surface area contributed by atoms with Crippen molar-refractivity contribution in [1.82, 2.24) is 9.80 Å². The van der Waals surface area contributed by atoms with Crippen molar-refractivity contribution in [2.45, 2.75) is 77.2 Å². The molecule has 2 heterocycles. The van der Waals surface area contributed by atoms with E-state index in [0.717, 1.165) is 64.1 Å². The number of carbonyl (C=O) groups is 1. The minimum atomic E-state index is -0.757. The lowest BCUT2D eigenvalue weighted by Crippen LogP contribution is -2.55. The Labute approximate surface area is 226 Å². The molecule has 7 atom stereocenters. The SMILES string of the molecule is C[C@]12CC[C@H](N(CCN3CCOCC3)C(=O)O)C[C@H]1CC[C@H]1C3=CC[C@H](c4ccc(=O)oc4)[C@@]3(C)CC[C@@H]12. The molecule has 4 fully saturated rings. The number of morpholine rings is 1. The van der Waals surface area contributed by atoms with Crippen molar-refractivity contribution in [3.63, 3.8) is 0 Å². The molecule has 1 aromatic heterocycles. The highest BCUT2D eigenvalue weighted by Crippen LogP contribution is 2.67. The van der Waals surface area contributed by atoms with Gasteiger partial charge in [-0.05, 0) is 97.5 Å². The number of hydrogen-bond acceptors (Lipinski definition) is 5. The van der Waals surface area contributed by atoms with Gasteiger partial charge in [0.1, 0.15) is 0 Å². The predicted octanol–water partition coefficient (Wildman–Crippen LogP) is 5.37. The first-order valence-electron chi connectivity index (χ1n) is 14.9. The van der Waals surface area contributed by atoms with Crippen LogP contribution in [0.1, 0.15) is 76.7 Å². The van der Waals surface area contributed by atoms with Gasteiger partial charge in [-0.3, -0.25) is 4.90 Å². The van der Waals surface area contributed by atoms with Crippen LogP contribution >= 0.6 is 0 Å². The van der Waals surface area contributed by atoms with Crippen LogP contribution in [0.4, 0.5) is 4.79 Å². The van der Waals surface area contributed by atoms with Crippen LogP contribution in [0.3, 0.4) is 0 Å². The number of fused-ring (bicyclic) bond motifs is 5. The van der Waals surface area contributed by atoms with E-state index < -0.39 is 6.09 Å². The van der Waals surface area contributed by atoms with Gasteiger partial charge in [0.15, 0.2) is 0 Å². The molecule has 0 radical (unpaired) electrons. The topological polar surface area (TPSA) is 83.2 Å². The van der Waals surface area contributed by atoms with E-state index in [4.69, 9.17) is 9.15 Å². The minimum Gasteiger partial charge on any atom is -0.465 e. The molecule has 0 spiro atoms. The van der Waals surface area contributed by atoms with Crippen LogP contribution in [0.5, 0.6) is 0 Å². The van der Waals surface area contributed by atoms with Gasteiger partial charge in [-0.15, -0.1) is 0 Å². The fourth-order valence-electron chi connectivity index (χ4n) is 9.43. The number of hydrogen-bond donors (Lipinski definition) is 1. The van der Waals surface area contributed by atoms with Crippen LogP contribution in [0, 0.1) is 28.6 Å². The van der Waals surface area contributed by atoms with Crippen LogP contribution in [0.15, 0.2) is 39.3 Å². The van der Waals surface area contributed by atoms with Gasteiger partial charge >= 0.3 is 11.7 Å². The second-order valence-corrected chi connectivity index (χ2v) is 13.1. The summed E-state index contributed by atoms with van der Waals surface area (Å²) in [4.78, 5) is 28.0. The third kappa shape index (κ3) is 4.43. The molecule has 38 heavy (non-hydrogen) atoms. The molecular weight excluding hydrogens is 480 g/mol. The van der Waals surface area contributed by atoms with Crippen LogP contribution in [-0.2, 0) is 4.74 Å². The van der Waals surface area contributed by atoms with Crippen molar-refractivity contribution < 1.29 is 19.1 Å². The van der Waals surface area contributed by atoms with E-state index in [1.165, 1.54) is 25.7 Å².